The van der Waals surface area contributed by atoms with E-state index in [9.17, 15) is 14.4 Å². The number of carbonyl (C=O) groups excluding carboxylic acids is 3. The Labute approximate surface area is 309 Å². The summed E-state index contributed by atoms with van der Waals surface area (Å²) in [7, 11) is 3.62. The number of aliphatic hydroxyl groups is 1. The lowest BCUT2D eigenvalue weighted by Gasteiger charge is -2.21. The fourth-order valence-electron chi connectivity index (χ4n) is 5.53. The van der Waals surface area contributed by atoms with Crippen molar-refractivity contribution in [2.24, 2.45) is 0 Å². The van der Waals surface area contributed by atoms with Gasteiger partial charge >= 0.3 is 5.97 Å². The number of allylic oxidation sites excluding steroid dienone is 1. The van der Waals surface area contributed by atoms with Gasteiger partial charge in [0.25, 0.3) is 0 Å². The van der Waals surface area contributed by atoms with E-state index in [-0.39, 0.29) is 6.61 Å². The molecule has 0 amide bonds. The molecule has 50 heavy (non-hydrogen) atoms. The summed E-state index contributed by atoms with van der Waals surface area (Å²) in [4.78, 5) is 33.2. The van der Waals surface area contributed by atoms with Crippen LogP contribution in [0.5, 0.6) is 0 Å². The zero-order chi connectivity index (χ0) is 37.6. The van der Waals surface area contributed by atoms with E-state index in [1.807, 2.05) is 7.11 Å². The smallest absolute Gasteiger partial charge is 0.330 e. The van der Waals surface area contributed by atoms with Crippen molar-refractivity contribution in [3.05, 3.63) is 12.2 Å². The van der Waals surface area contributed by atoms with E-state index in [0.29, 0.717) is 25.4 Å². The van der Waals surface area contributed by atoms with Gasteiger partial charge in [0.05, 0.1) is 19.3 Å². The van der Waals surface area contributed by atoms with Crippen LogP contribution in [0, 0.1) is 0 Å². The molecule has 0 aromatic carbocycles. The fourth-order valence-corrected chi connectivity index (χ4v) is 5.53. The summed E-state index contributed by atoms with van der Waals surface area (Å²) >= 11 is 0. The van der Waals surface area contributed by atoms with Crippen LogP contribution >= 0.6 is 0 Å². The number of aliphatic hydroxyl groups excluding tert-OH is 1. The predicted octanol–water partition coefficient (Wildman–Crippen LogP) is 10.2. The first-order valence-electron chi connectivity index (χ1n) is 20.6. The molecule has 1 unspecified atom stereocenters. The molecule has 0 heterocycles. The van der Waals surface area contributed by atoms with Crippen LogP contribution in [-0.2, 0) is 28.6 Å². The van der Waals surface area contributed by atoms with Gasteiger partial charge in [-0.05, 0) is 64.1 Å². The Morgan fingerprint density at radius 3 is 1.62 bits per heavy atom. The lowest BCUT2D eigenvalue weighted by Crippen LogP contribution is -2.29. The van der Waals surface area contributed by atoms with Crippen LogP contribution in [0.2, 0.25) is 0 Å². The normalized spacial score (nSPS) is 11.5. The van der Waals surface area contributed by atoms with E-state index >= 15 is 0 Å². The lowest BCUT2D eigenvalue weighted by molar-refractivity contribution is -0.138. The summed E-state index contributed by atoms with van der Waals surface area (Å²) in [5, 5.41) is 9.12. The Hall–Kier alpha value is -1.61. The molecule has 298 valence electrons. The number of unbranched alkanes of at least 4 members (excludes halogenated alkanes) is 18. The van der Waals surface area contributed by atoms with E-state index in [4.69, 9.17) is 19.3 Å². The number of carbonyl (C=O) groups is 3. The van der Waals surface area contributed by atoms with Gasteiger partial charge in [-0.2, -0.15) is 0 Å². The Morgan fingerprint density at radius 2 is 1.10 bits per heavy atom. The minimum absolute atomic E-state index is 0.253. The third-order valence-corrected chi connectivity index (χ3v) is 8.68. The van der Waals surface area contributed by atoms with Gasteiger partial charge in [0.1, 0.15) is 12.6 Å². The van der Waals surface area contributed by atoms with Gasteiger partial charge in [-0.1, -0.05) is 130 Å². The highest BCUT2D eigenvalue weighted by Crippen LogP contribution is 2.15. The molecule has 0 saturated heterocycles. The molecule has 0 bridgehead atoms. The summed E-state index contributed by atoms with van der Waals surface area (Å²) < 4.78 is 15.4. The number of aldehydes is 2. The van der Waals surface area contributed by atoms with Crippen molar-refractivity contribution in [1.29, 1.82) is 0 Å². The number of hydrogen-bond acceptors (Lipinski definition) is 8. The summed E-state index contributed by atoms with van der Waals surface area (Å²) in [6, 6.07) is 0. The molecule has 0 aliphatic carbocycles. The van der Waals surface area contributed by atoms with Gasteiger partial charge in [-0.25, -0.2) is 4.79 Å². The second-order valence-corrected chi connectivity index (χ2v) is 13.3. The average molecular weight is 714 g/mol. The molecule has 0 aliphatic rings. The summed E-state index contributed by atoms with van der Waals surface area (Å²) in [6.07, 6.45) is 34.9. The number of rotatable bonds is 36. The average Bonchev–Trinajstić information content (AvgIpc) is 3.13. The zero-order valence-corrected chi connectivity index (χ0v) is 33.7. The number of hydrogen-bond donors (Lipinski definition) is 1. The van der Waals surface area contributed by atoms with Crippen LogP contribution in [0.1, 0.15) is 181 Å². The number of methoxy groups -OCH3 is 2. The van der Waals surface area contributed by atoms with Crippen LogP contribution in [-0.4, -0.2) is 88.3 Å². The third kappa shape index (κ3) is 48.5. The molecule has 1 atom stereocenters. The minimum atomic E-state index is -0.441. The Morgan fingerprint density at radius 1 is 0.620 bits per heavy atom. The molecule has 0 saturated carbocycles. The maximum absolute atomic E-state index is 10.8. The molecule has 0 aliphatic heterocycles. The first-order chi connectivity index (χ1) is 24.5. The van der Waals surface area contributed by atoms with Gasteiger partial charge in [0.15, 0.2) is 0 Å². The summed E-state index contributed by atoms with van der Waals surface area (Å²) in [5.41, 5.74) is 0. The second-order valence-electron chi connectivity index (χ2n) is 13.3. The van der Waals surface area contributed by atoms with Crippen molar-refractivity contribution in [3.63, 3.8) is 0 Å². The van der Waals surface area contributed by atoms with Crippen LogP contribution in [0.4, 0.5) is 0 Å². The highest BCUT2D eigenvalue weighted by molar-refractivity contribution is 5.86. The van der Waals surface area contributed by atoms with Gasteiger partial charge in [-0.15, -0.1) is 0 Å². The van der Waals surface area contributed by atoms with Crippen LogP contribution in [0.3, 0.4) is 0 Å². The minimum Gasteiger partial charge on any atom is -0.463 e. The van der Waals surface area contributed by atoms with Gasteiger partial charge in [-0.3, -0.25) is 4.79 Å². The number of esters is 1. The van der Waals surface area contributed by atoms with E-state index in [1.54, 1.807) is 7.11 Å². The van der Waals surface area contributed by atoms with E-state index in [2.05, 4.69) is 25.7 Å². The van der Waals surface area contributed by atoms with Crippen molar-refractivity contribution in [3.8, 4) is 0 Å². The fraction of sp³-hybridized carbons (Fsp3) is 0.881. The SMILES string of the molecule is CCCCCCCC(CCCCCC)OC.CCCCCCOC(=O)/C=C/C=O.COCCCCCCN(CCO)CCCCCCCC=O. The first kappa shape index (κ1) is 52.7. The van der Waals surface area contributed by atoms with E-state index in [1.165, 1.54) is 122 Å². The molecule has 0 radical (unpaired) electrons. The number of nitrogens with zero attached hydrogens (tertiary/aromatic N) is 1. The van der Waals surface area contributed by atoms with Crippen LogP contribution in [0.15, 0.2) is 12.2 Å². The van der Waals surface area contributed by atoms with Crippen molar-refractivity contribution in [1.82, 2.24) is 4.90 Å². The molecular weight excluding hydrogens is 630 g/mol. The maximum atomic E-state index is 10.8. The van der Waals surface area contributed by atoms with Crippen molar-refractivity contribution >= 4 is 18.5 Å². The quantitative estimate of drug-likeness (QED) is 0.0296. The third-order valence-electron chi connectivity index (χ3n) is 8.68. The molecule has 8 heteroatoms. The molecule has 0 spiro atoms. The predicted molar refractivity (Wildman–Crippen MR) is 211 cm³/mol. The Balaban J connectivity index is -0.000000684. The van der Waals surface area contributed by atoms with Gasteiger partial charge in [0.2, 0.25) is 0 Å². The monoisotopic (exact) mass is 714 g/mol. The van der Waals surface area contributed by atoms with E-state index < -0.39 is 5.97 Å². The molecule has 8 nitrogen and oxygen atoms in total. The zero-order valence-electron chi connectivity index (χ0n) is 33.7. The summed E-state index contributed by atoms with van der Waals surface area (Å²) in [5.74, 6) is -0.441. The first-order valence-corrected chi connectivity index (χ1v) is 20.6. The highest BCUT2D eigenvalue weighted by Gasteiger charge is 2.06. The van der Waals surface area contributed by atoms with Crippen LogP contribution in [0.25, 0.3) is 0 Å². The van der Waals surface area contributed by atoms with Crippen molar-refractivity contribution in [2.75, 3.05) is 53.7 Å². The Bertz CT molecular complexity index is 689. The van der Waals surface area contributed by atoms with Crippen LogP contribution < -0.4 is 0 Å². The second kappa shape index (κ2) is 49.5. The largest absolute Gasteiger partial charge is 0.463 e. The maximum Gasteiger partial charge on any atom is 0.330 e. The molecule has 1 N–H and O–H groups in total. The van der Waals surface area contributed by atoms with Crippen molar-refractivity contribution < 1.29 is 33.7 Å². The van der Waals surface area contributed by atoms with Crippen molar-refractivity contribution in [2.45, 2.75) is 187 Å². The topological polar surface area (TPSA) is 102 Å². The van der Waals surface area contributed by atoms with Gasteiger partial charge in [0, 0.05) is 39.9 Å². The van der Waals surface area contributed by atoms with Gasteiger partial charge < -0.3 is 29.0 Å². The lowest BCUT2D eigenvalue weighted by atomic mass is 10.0. The molecule has 0 aromatic heterocycles. The standard InChI is InChI=1S/C17H35NO3.C15H32O.C10H16O3/c1-21-17-11-7-5-9-13-18(14-16-20)12-8-4-2-3-6-10-15-19;1-4-6-8-10-12-14-15(16-3)13-11-9-7-5-2;1-2-3-4-5-9-13-10(12)7-6-8-11/h15,20H,2-14,16-17H2,1H3;15H,4-14H2,1-3H3;6-8H,2-5,9H2,1H3/b;;7-6+. The molecule has 0 fully saturated rings. The highest BCUT2D eigenvalue weighted by atomic mass is 16.5. The van der Waals surface area contributed by atoms with E-state index in [0.717, 1.165) is 76.8 Å². The summed E-state index contributed by atoms with van der Waals surface area (Å²) in [6.45, 7) is 11.2. The Kier molecular flexibility index (Phi) is 52.2. The molecular formula is C42H83NO7. The molecule has 0 rings (SSSR count). The molecule has 0 aromatic rings. The number of ether oxygens (including phenoxy) is 3.